The van der Waals surface area contributed by atoms with Gasteiger partial charge in [-0.2, -0.15) is 0 Å². The number of hydrogen-bond acceptors (Lipinski definition) is 4. The number of carbonyl (C=O) groups excluding carboxylic acids is 1. The molecular formula is C22H30NO4+. The molecule has 0 bridgehead atoms. The Morgan fingerprint density at radius 3 is 1.85 bits per heavy atom. The van der Waals surface area contributed by atoms with E-state index in [-0.39, 0.29) is 6.61 Å². The molecule has 0 aromatic heterocycles. The first kappa shape index (κ1) is 21.1. The van der Waals surface area contributed by atoms with Crippen LogP contribution in [-0.2, 0) is 19.9 Å². The Balaban J connectivity index is 2.21. The average Bonchev–Trinajstić information content (AvgIpc) is 2.73. The van der Waals surface area contributed by atoms with Crippen molar-refractivity contribution >= 4 is 5.97 Å². The smallest absolute Gasteiger partial charge is 0.347 e. The van der Waals surface area contributed by atoms with E-state index in [1.165, 1.54) is 0 Å². The van der Waals surface area contributed by atoms with Crippen LogP contribution in [-0.4, -0.2) is 55.6 Å². The molecule has 0 amide bonds. The predicted octanol–water partition coefficient (Wildman–Crippen LogP) is 2.93. The normalized spacial score (nSPS) is 12.0. The van der Waals surface area contributed by atoms with Gasteiger partial charge in [0.1, 0.15) is 13.2 Å². The molecule has 0 saturated carbocycles. The zero-order valence-corrected chi connectivity index (χ0v) is 16.4. The van der Waals surface area contributed by atoms with Crippen molar-refractivity contribution in [2.75, 3.05) is 40.1 Å². The Morgan fingerprint density at radius 2 is 1.44 bits per heavy atom. The van der Waals surface area contributed by atoms with E-state index < -0.39 is 11.6 Å². The van der Waals surface area contributed by atoms with Crippen molar-refractivity contribution in [3.63, 3.8) is 0 Å². The van der Waals surface area contributed by atoms with Crippen LogP contribution in [0.2, 0.25) is 0 Å². The van der Waals surface area contributed by atoms with Gasteiger partial charge in [-0.15, -0.1) is 0 Å². The standard InChI is InChI=1S/C22H30NO4/c1-4-23(5-2,18-26-3)16-17-27-21(24)22(25,19-12-8-6-9-13-19)20-14-10-7-11-15-20/h6-15,25H,4-5,16-18H2,1-3H3/q+1. The minimum Gasteiger partial charge on any atom is -0.457 e. The highest BCUT2D eigenvalue weighted by molar-refractivity contribution is 5.85. The average molecular weight is 372 g/mol. The molecule has 5 nitrogen and oxygen atoms in total. The second kappa shape index (κ2) is 9.65. The van der Waals surface area contributed by atoms with Crippen LogP contribution in [0.4, 0.5) is 0 Å². The van der Waals surface area contributed by atoms with Gasteiger partial charge >= 0.3 is 5.97 Å². The van der Waals surface area contributed by atoms with Crippen LogP contribution < -0.4 is 0 Å². The maximum atomic E-state index is 13.0. The molecule has 0 atom stereocenters. The summed E-state index contributed by atoms with van der Waals surface area (Å²) in [7, 11) is 1.67. The molecule has 0 unspecified atom stereocenters. The van der Waals surface area contributed by atoms with E-state index in [0.717, 1.165) is 13.1 Å². The van der Waals surface area contributed by atoms with Gasteiger partial charge in [0.25, 0.3) is 0 Å². The summed E-state index contributed by atoms with van der Waals surface area (Å²) >= 11 is 0. The third kappa shape index (κ3) is 4.75. The number of ether oxygens (including phenoxy) is 2. The fourth-order valence-electron chi connectivity index (χ4n) is 3.26. The van der Waals surface area contributed by atoms with E-state index in [4.69, 9.17) is 9.47 Å². The van der Waals surface area contributed by atoms with Crippen LogP contribution in [0.3, 0.4) is 0 Å². The van der Waals surface area contributed by atoms with E-state index >= 15 is 0 Å². The van der Waals surface area contributed by atoms with Gasteiger partial charge in [-0.05, 0) is 25.0 Å². The van der Waals surface area contributed by atoms with Crippen LogP contribution in [0, 0.1) is 0 Å². The number of likely N-dealkylation sites (N-methyl/N-ethyl adjacent to an activating group) is 1. The molecular weight excluding hydrogens is 342 g/mol. The topological polar surface area (TPSA) is 55.8 Å². The fraction of sp³-hybridized carbons (Fsp3) is 0.409. The lowest BCUT2D eigenvalue weighted by molar-refractivity contribution is -0.942. The molecule has 0 radical (unpaired) electrons. The molecule has 2 aromatic carbocycles. The van der Waals surface area contributed by atoms with Crippen LogP contribution in [0.5, 0.6) is 0 Å². The summed E-state index contributed by atoms with van der Waals surface area (Å²) in [6.07, 6.45) is 0. The molecule has 0 saturated heterocycles. The SMILES string of the molecule is CC[N+](CC)(CCOC(=O)C(O)(c1ccccc1)c1ccccc1)COC. The second-order valence-corrected chi connectivity index (χ2v) is 6.69. The van der Waals surface area contributed by atoms with Gasteiger partial charge in [0, 0.05) is 7.11 Å². The molecule has 2 rings (SSSR count). The first-order valence-electron chi connectivity index (χ1n) is 9.37. The summed E-state index contributed by atoms with van der Waals surface area (Å²) in [4.78, 5) is 13.0. The number of methoxy groups -OCH3 is 1. The van der Waals surface area contributed by atoms with E-state index in [0.29, 0.717) is 28.9 Å². The molecule has 0 heterocycles. The number of quaternary nitrogens is 1. The minimum absolute atomic E-state index is 0.214. The lowest BCUT2D eigenvalue weighted by Crippen LogP contribution is -2.51. The zero-order valence-electron chi connectivity index (χ0n) is 16.4. The third-order valence-corrected chi connectivity index (χ3v) is 5.22. The first-order valence-corrected chi connectivity index (χ1v) is 9.37. The molecule has 0 aliphatic heterocycles. The summed E-state index contributed by atoms with van der Waals surface area (Å²) in [5, 5.41) is 11.4. The highest BCUT2D eigenvalue weighted by Gasteiger charge is 2.41. The van der Waals surface area contributed by atoms with E-state index in [2.05, 4.69) is 13.8 Å². The van der Waals surface area contributed by atoms with E-state index in [1.54, 1.807) is 55.6 Å². The summed E-state index contributed by atoms with van der Waals surface area (Å²) < 4.78 is 11.6. The van der Waals surface area contributed by atoms with Gasteiger partial charge in [-0.3, -0.25) is 4.48 Å². The maximum Gasteiger partial charge on any atom is 0.347 e. The Hall–Kier alpha value is -2.21. The molecule has 0 fully saturated rings. The number of aliphatic hydroxyl groups is 1. The molecule has 0 aliphatic rings. The van der Waals surface area contributed by atoms with Crippen molar-refractivity contribution in [1.82, 2.24) is 0 Å². The minimum atomic E-state index is -1.84. The van der Waals surface area contributed by atoms with Gasteiger partial charge < -0.3 is 14.6 Å². The molecule has 146 valence electrons. The van der Waals surface area contributed by atoms with Crippen LogP contribution in [0.1, 0.15) is 25.0 Å². The van der Waals surface area contributed by atoms with Crippen molar-refractivity contribution < 1.29 is 23.9 Å². The Kier molecular flexibility index (Phi) is 7.54. The summed E-state index contributed by atoms with van der Waals surface area (Å²) in [5.41, 5.74) is -0.854. The lowest BCUT2D eigenvalue weighted by atomic mass is 9.86. The van der Waals surface area contributed by atoms with Gasteiger partial charge in [0.15, 0.2) is 6.73 Å². The van der Waals surface area contributed by atoms with Crippen molar-refractivity contribution in [3.05, 3.63) is 71.8 Å². The first-order chi connectivity index (χ1) is 13.0. The van der Waals surface area contributed by atoms with Crippen LogP contribution >= 0.6 is 0 Å². The number of nitrogens with zero attached hydrogens (tertiary/aromatic N) is 1. The van der Waals surface area contributed by atoms with Gasteiger partial charge in [0.2, 0.25) is 5.60 Å². The lowest BCUT2D eigenvalue weighted by Gasteiger charge is -2.36. The van der Waals surface area contributed by atoms with E-state index in [9.17, 15) is 9.90 Å². The van der Waals surface area contributed by atoms with Crippen LogP contribution in [0.25, 0.3) is 0 Å². The Labute approximate surface area is 161 Å². The summed E-state index contributed by atoms with van der Waals surface area (Å²) in [5.74, 6) is -0.664. The predicted molar refractivity (Wildman–Crippen MR) is 105 cm³/mol. The summed E-state index contributed by atoms with van der Waals surface area (Å²) in [6.45, 7) is 7.35. The number of rotatable bonds is 10. The molecule has 0 spiro atoms. The highest BCUT2D eigenvalue weighted by Crippen LogP contribution is 2.31. The molecule has 5 heteroatoms. The van der Waals surface area contributed by atoms with Crippen molar-refractivity contribution in [2.45, 2.75) is 19.4 Å². The Morgan fingerprint density at radius 1 is 0.963 bits per heavy atom. The fourth-order valence-corrected chi connectivity index (χ4v) is 3.26. The van der Waals surface area contributed by atoms with Crippen molar-refractivity contribution in [3.8, 4) is 0 Å². The molecule has 27 heavy (non-hydrogen) atoms. The monoisotopic (exact) mass is 372 g/mol. The molecule has 0 aliphatic carbocycles. The largest absolute Gasteiger partial charge is 0.457 e. The number of esters is 1. The van der Waals surface area contributed by atoms with Crippen LogP contribution in [0.15, 0.2) is 60.7 Å². The number of hydrogen-bond donors (Lipinski definition) is 1. The molecule has 1 N–H and O–H groups in total. The highest BCUT2D eigenvalue weighted by atomic mass is 16.6. The third-order valence-electron chi connectivity index (χ3n) is 5.22. The molecule has 2 aromatic rings. The van der Waals surface area contributed by atoms with Gasteiger partial charge in [0.05, 0.1) is 13.1 Å². The second-order valence-electron chi connectivity index (χ2n) is 6.69. The van der Waals surface area contributed by atoms with Gasteiger partial charge in [-0.25, -0.2) is 4.79 Å². The number of benzene rings is 2. The maximum absolute atomic E-state index is 13.0. The van der Waals surface area contributed by atoms with Crippen molar-refractivity contribution in [2.24, 2.45) is 0 Å². The number of carbonyl (C=O) groups is 1. The quantitative estimate of drug-likeness (QED) is 0.396. The van der Waals surface area contributed by atoms with Crippen molar-refractivity contribution in [1.29, 1.82) is 0 Å². The zero-order chi connectivity index (χ0) is 19.8. The summed E-state index contributed by atoms with van der Waals surface area (Å²) in [6, 6.07) is 17.8. The van der Waals surface area contributed by atoms with E-state index in [1.807, 2.05) is 12.1 Å². The van der Waals surface area contributed by atoms with Gasteiger partial charge in [-0.1, -0.05) is 60.7 Å². The Bertz CT molecular complexity index is 659.